The number of H-pyrrole nitrogens is 1. The minimum Gasteiger partial charge on any atom is -0.356 e. The van der Waals surface area contributed by atoms with Gasteiger partial charge in [-0.15, -0.1) is 0 Å². The SMILES string of the molecule is O=c1cc(C(F)F)ncn1CC1CCN(c2ncnc3[nH]ccc23)CC1. The lowest BCUT2D eigenvalue weighted by Gasteiger charge is -2.33. The number of rotatable bonds is 4. The first-order chi connectivity index (χ1) is 12.6. The predicted octanol–water partition coefficient (Wildman–Crippen LogP) is 2.37. The van der Waals surface area contributed by atoms with Crippen molar-refractivity contribution >= 4 is 16.9 Å². The maximum Gasteiger partial charge on any atom is 0.280 e. The summed E-state index contributed by atoms with van der Waals surface area (Å²) in [6, 6.07) is 2.88. The van der Waals surface area contributed by atoms with Crippen LogP contribution >= 0.6 is 0 Å². The number of alkyl halides is 2. The second-order valence-corrected chi connectivity index (χ2v) is 6.47. The van der Waals surface area contributed by atoms with E-state index >= 15 is 0 Å². The monoisotopic (exact) mass is 360 g/mol. The van der Waals surface area contributed by atoms with Crippen molar-refractivity contribution in [2.75, 3.05) is 18.0 Å². The fraction of sp³-hybridized carbons (Fsp3) is 0.412. The number of hydrogen-bond acceptors (Lipinski definition) is 5. The number of fused-ring (bicyclic) bond motifs is 1. The third kappa shape index (κ3) is 3.16. The van der Waals surface area contributed by atoms with Gasteiger partial charge in [-0.2, -0.15) is 0 Å². The minimum absolute atomic E-state index is 0.298. The van der Waals surface area contributed by atoms with Gasteiger partial charge in [-0.1, -0.05) is 0 Å². The van der Waals surface area contributed by atoms with Crippen LogP contribution in [0.2, 0.25) is 0 Å². The number of hydrogen-bond donors (Lipinski definition) is 1. The molecule has 0 aliphatic carbocycles. The second kappa shape index (κ2) is 6.81. The Labute approximate surface area is 147 Å². The van der Waals surface area contributed by atoms with E-state index in [0.717, 1.165) is 48.8 Å². The largest absolute Gasteiger partial charge is 0.356 e. The Balaban J connectivity index is 1.43. The van der Waals surface area contributed by atoms with E-state index in [2.05, 4.69) is 24.8 Å². The average molecular weight is 360 g/mol. The van der Waals surface area contributed by atoms with E-state index < -0.39 is 17.7 Å². The van der Waals surface area contributed by atoms with E-state index in [1.54, 1.807) is 6.33 Å². The van der Waals surface area contributed by atoms with Crippen LogP contribution in [0.1, 0.15) is 25.0 Å². The number of aromatic amines is 1. The van der Waals surface area contributed by atoms with Crippen LogP contribution < -0.4 is 10.5 Å². The highest BCUT2D eigenvalue weighted by atomic mass is 19.3. The average Bonchev–Trinajstić information content (AvgIpc) is 3.13. The highest BCUT2D eigenvalue weighted by Crippen LogP contribution is 2.27. The Kier molecular flexibility index (Phi) is 4.36. The van der Waals surface area contributed by atoms with Gasteiger partial charge in [-0.05, 0) is 24.8 Å². The summed E-state index contributed by atoms with van der Waals surface area (Å²) in [7, 11) is 0. The normalized spacial score (nSPS) is 15.9. The molecule has 0 radical (unpaired) electrons. The van der Waals surface area contributed by atoms with E-state index in [1.165, 1.54) is 10.9 Å². The van der Waals surface area contributed by atoms with Crippen LogP contribution in [0.4, 0.5) is 14.6 Å². The van der Waals surface area contributed by atoms with Gasteiger partial charge in [0.05, 0.1) is 11.7 Å². The Bertz CT molecular complexity index is 961. The molecule has 9 heteroatoms. The molecule has 0 unspecified atom stereocenters. The summed E-state index contributed by atoms with van der Waals surface area (Å²) in [5, 5.41) is 0.994. The van der Waals surface area contributed by atoms with Crippen molar-refractivity contribution in [2.45, 2.75) is 25.8 Å². The quantitative estimate of drug-likeness (QED) is 0.773. The fourth-order valence-corrected chi connectivity index (χ4v) is 3.41. The van der Waals surface area contributed by atoms with Crippen LogP contribution in [0.25, 0.3) is 11.0 Å². The van der Waals surface area contributed by atoms with Gasteiger partial charge in [0.2, 0.25) is 0 Å². The van der Waals surface area contributed by atoms with Gasteiger partial charge in [0, 0.05) is 31.9 Å². The van der Waals surface area contributed by atoms with Crippen LogP contribution in [-0.4, -0.2) is 37.6 Å². The summed E-state index contributed by atoms with van der Waals surface area (Å²) in [6.07, 6.45) is 3.68. The van der Waals surface area contributed by atoms with Gasteiger partial charge in [0.25, 0.3) is 12.0 Å². The van der Waals surface area contributed by atoms with Crippen molar-refractivity contribution < 1.29 is 8.78 Å². The molecule has 4 rings (SSSR count). The lowest BCUT2D eigenvalue weighted by molar-refractivity contribution is 0.145. The number of nitrogens with zero attached hydrogens (tertiary/aromatic N) is 5. The molecule has 7 nitrogen and oxygen atoms in total. The van der Waals surface area contributed by atoms with Crippen LogP contribution in [-0.2, 0) is 6.54 Å². The molecular formula is C17H18F2N6O. The van der Waals surface area contributed by atoms with E-state index in [9.17, 15) is 13.6 Å². The molecule has 1 fully saturated rings. The molecule has 0 aromatic carbocycles. The molecule has 0 bridgehead atoms. The summed E-state index contributed by atoms with van der Waals surface area (Å²) in [4.78, 5) is 29.6. The number of anilines is 1. The molecule has 136 valence electrons. The Morgan fingerprint density at radius 2 is 2.04 bits per heavy atom. The Hall–Kier alpha value is -2.84. The molecule has 26 heavy (non-hydrogen) atoms. The first-order valence-corrected chi connectivity index (χ1v) is 8.49. The molecule has 0 spiro atoms. The lowest BCUT2D eigenvalue weighted by Crippen LogP contribution is -2.37. The van der Waals surface area contributed by atoms with Crippen molar-refractivity contribution in [1.82, 2.24) is 24.5 Å². The maximum absolute atomic E-state index is 12.6. The highest BCUT2D eigenvalue weighted by Gasteiger charge is 2.23. The van der Waals surface area contributed by atoms with Crippen molar-refractivity contribution in [1.29, 1.82) is 0 Å². The molecule has 3 aromatic rings. The molecule has 0 saturated carbocycles. The topological polar surface area (TPSA) is 79.7 Å². The molecule has 1 N–H and O–H groups in total. The minimum atomic E-state index is -2.72. The maximum atomic E-state index is 12.6. The van der Waals surface area contributed by atoms with E-state index in [0.29, 0.717) is 12.5 Å². The summed E-state index contributed by atoms with van der Waals surface area (Å²) >= 11 is 0. The van der Waals surface area contributed by atoms with Crippen molar-refractivity contribution in [3.8, 4) is 0 Å². The van der Waals surface area contributed by atoms with Gasteiger partial charge in [-0.3, -0.25) is 9.36 Å². The van der Waals surface area contributed by atoms with Crippen molar-refractivity contribution in [3.63, 3.8) is 0 Å². The van der Waals surface area contributed by atoms with E-state index in [4.69, 9.17) is 0 Å². The summed E-state index contributed by atoms with van der Waals surface area (Å²) in [6.45, 7) is 2.13. The van der Waals surface area contributed by atoms with Crippen molar-refractivity contribution in [2.24, 2.45) is 5.92 Å². The standard InChI is InChI=1S/C17H18F2N6O/c18-15(19)13-7-14(26)25(10-23-13)8-11-2-5-24(6-3-11)17-12-1-4-20-16(12)21-9-22-17/h1,4,7,9-11,15H,2-3,5-6,8H2,(H,20,21,22). The number of nitrogens with one attached hydrogen (secondary N) is 1. The van der Waals surface area contributed by atoms with Crippen LogP contribution in [0, 0.1) is 5.92 Å². The molecule has 1 aliphatic rings. The molecule has 1 saturated heterocycles. The van der Waals surface area contributed by atoms with E-state index in [-0.39, 0.29) is 0 Å². The first kappa shape index (κ1) is 16.6. The highest BCUT2D eigenvalue weighted by molar-refractivity contribution is 5.87. The molecular weight excluding hydrogens is 342 g/mol. The molecule has 3 aromatic heterocycles. The summed E-state index contributed by atoms with van der Waals surface area (Å²) in [5.41, 5.74) is -0.0863. The number of piperidine rings is 1. The number of aromatic nitrogens is 5. The van der Waals surface area contributed by atoms with Gasteiger partial charge in [-0.25, -0.2) is 23.7 Å². The van der Waals surface area contributed by atoms with Gasteiger partial charge in [0.15, 0.2) is 0 Å². The van der Waals surface area contributed by atoms with E-state index in [1.807, 2.05) is 12.3 Å². The molecule has 1 aliphatic heterocycles. The van der Waals surface area contributed by atoms with Crippen LogP contribution in [0.5, 0.6) is 0 Å². The van der Waals surface area contributed by atoms with Crippen LogP contribution in [0.15, 0.2) is 35.8 Å². The second-order valence-electron chi connectivity index (χ2n) is 6.47. The van der Waals surface area contributed by atoms with Gasteiger partial charge < -0.3 is 9.88 Å². The summed E-state index contributed by atoms with van der Waals surface area (Å²) < 4.78 is 26.6. The number of halogens is 2. The van der Waals surface area contributed by atoms with Gasteiger partial charge >= 0.3 is 0 Å². The smallest absolute Gasteiger partial charge is 0.280 e. The zero-order chi connectivity index (χ0) is 18.1. The Morgan fingerprint density at radius 1 is 1.23 bits per heavy atom. The fourth-order valence-electron chi connectivity index (χ4n) is 3.41. The first-order valence-electron chi connectivity index (χ1n) is 8.49. The molecule has 0 amide bonds. The van der Waals surface area contributed by atoms with Crippen molar-refractivity contribution in [3.05, 3.63) is 47.0 Å². The third-order valence-electron chi connectivity index (χ3n) is 4.83. The Morgan fingerprint density at radius 3 is 2.77 bits per heavy atom. The van der Waals surface area contributed by atoms with Crippen LogP contribution in [0.3, 0.4) is 0 Å². The predicted molar refractivity (Wildman–Crippen MR) is 92.3 cm³/mol. The molecule has 4 heterocycles. The molecule has 0 atom stereocenters. The third-order valence-corrected chi connectivity index (χ3v) is 4.83. The zero-order valence-corrected chi connectivity index (χ0v) is 14.0. The van der Waals surface area contributed by atoms with Gasteiger partial charge in [0.1, 0.15) is 23.5 Å². The summed E-state index contributed by atoms with van der Waals surface area (Å²) in [5.74, 6) is 1.21. The lowest BCUT2D eigenvalue weighted by atomic mass is 9.96. The zero-order valence-electron chi connectivity index (χ0n) is 14.0.